The Labute approximate surface area is 255 Å². The Morgan fingerprint density at radius 3 is 1.86 bits per heavy atom. The third-order valence-electron chi connectivity index (χ3n) is 9.54. The molecule has 2 aliphatic heterocycles. The summed E-state index contributed by atoms with van der Waals surface area (Å²) in [6, 6.07) is 15.0. The monoisotopic (exact) mass is 569 g/mol. The topological polar surface area (TPSA) is 83.4 Å². The highest BCUT2D eigenvalue weighted by Gasteiger charge is 2.24. The van der Waals surface area contributed by atoms with Crippen LogP contribution in [0.25, 0.3) is 55.5 Å². The van der Waals surface area contributed by atoms with Gasteiger partial charge in [0.25, 0.3) is 0 Å². The average molecular weight is 570 g/mol. The van der Waals surface area contributed by atoms with Gasteiger partial charge in [-0.2, -0.15) is 0 Å². The van der Waals surface area contributed by atoms with E-state index in [4.69, 9.17) is 15.7 Å². The summed E-state index contributed by atoms with van der Waals surface area (Å²) in [5.74, 6) is 0. The van der Waals surface area contributed by atoms with Gasteiger partial charge in [0.1, 0.15) is 0 Å². The number of H-pyrrole nitrogens is 2. The van der Waals surface area contributed by atoms with Gasteiger partial charge in [-0.3, -0.25) is 0 Å². The van der Waals surface area contributed by atoms with Gasteiger partial charge >= 0.3 is 0 Å². The molecule has 6 rings (SSSR count). The largest absolute Gasteiger partial charge is 0.399 e. The van der Waals surface area contributed by atoms with Gasteiger partial charge in [0.15, 0.2) is 0 Å². The summed E-state index contributed by atoms with van der Waals surface area (Å²) in [5.41, 5.74) is 27.9. The van der Waals surface area contributed by atoms with E-state index in [9.17, 15) is 0 Å². The summed E-state index contributed by atoms with van der Waals surface area (Å²) in [6.45, 7) is 17.8. The Balaban J connectivity index is 1.88. The molecule has 0 saturated carbocycles. The molecule has 0 amide bonds. The number of aromatic amines is 2. The first-order valence-corrected chi connectivity index (χ1v) is 15.7. The molecule has 43 heavy (non-hydrogen) atoms. The molecule has 4 N–H and O–H groups in total. The van der Waals surface area contributed by atoms with E-state index in [1.165, 1.54) is 44.5 Å². The summed E-state index contributed by atoms with van der Waals surface area (Å²) in [4.78, 5) is 18.3. The number of anilines is 1. The number of nitrogens with one attached hydrogen (secondary N) is 2. The Hall–Kier alpha value is -4.38. The van der Waals surface area contributed by atoms with E-state index in [2.05, 4.69) is 95.7 Å². The quantitative estimate of drug-likeness (QED) is 0.209. The molecule has 0 unspecified atom stereocenters. The molecule has 5 heteroatoms. The molecule has 0 spiro atoms. The van der Waals surface area contributed by atoms with E-state index in [0.717, 1.165) is 87.3 Å². The lowest BCUT2D eigenvalue weighted by Gasteiger charge is -2.08. The predicted octanol–water partition coefficient (Wildman–Crippen LogP) is 9.99. The van der Waals surface area contributed by atoms with E-state index < -0.39 is 0 Å². The molecule has 220 valence electrons. The zero-order valence-electron chi connectivity index (χ0n) is 26.8. The molecule has 0 fully saturated rings. The van der Waals surface area contributed by atoms with E-state index >= 15 is 0 Å². The van der Waals surface area contributed by atoms with Crippen LogP contribution < -0.4 is 5.73 Å². The third-order valence-corrected chi connectivity index (χ3v) is 9.54. The number of nitrogens with zero attached hydrogens (tertiary/aromatic N) is 2. The molecule has 5 heterocycles. The molecule has 0 saturated heterocycles. The van der Waals surface area contributed by atoms with Crippen LogP contribution in [-0.4, -0.2) is 19.9 Å². The number of benzene rings is 1. The van der Waals surface area contributed by atoms with Crippen LogP contribution in [0, 0.1) is 13.8 Å². The minimum absolute atomic E-state index is 0.751. The van der Waals surface area contributed by atoms with E-state index in [1.807, 2.05) is 12.1 Å². The summed E-state index contributed by atoms with van der Waals surface area (Å²) < 4.78 is 0. The van der Waals surface area contributed by atoms with Gasteiger partial charge in [-0.25, -0.2) is 9.97 Å². The fourth-order valence-corrected chi connectivity index (χ4v) is 7.10. The summed E-state index contributed by atoms with van der Waals surface area (Å²) in [6.07, 6.45) is 3.70. The van der Waals surface area contributed by atoms with Gasteiger partial charge in [0.2, 0.25) is 0 Å². The third kappa shape index (κ3) is 4.62. The fourth-order valence-electron chi connectivity index (χ4n) is 7.10. The minimum Gasteiger partial charge on any atom is -0.399 e. The number of hydrogen-bond donors (Lipinski definition) is 3. The number of fused-ring (bicyclic) bond motifs is 8. The number of aryl methyl sites for hydroxylation is 4. The number of nitrogens with two attached hydrogens (primary N) is 1. The molecular weight excluding hydrogens is 526 g/mol. The number of rotatable bonds is 5. The van der Waals surface area contributed by atoms with Crippen LogP contribution in [0.3, 0.4) is 0 Å². The minimum atomic E-state index is 0.751. The molecule has 0 atom stereocenters. The maximum Gasteiger partial charge on any atom is 0.0769 e. The molecule has 0 radical (unpaired) electrons. The standard InChI is InChI=1S/C38H43N5/c1-9-26-20(5)30-17-34-28(11-3)22(7)37(42-34)36(24-13-15-25(39)16-14-24)38-23(8)29(12-4)35(43-38)18-31-21(6)27(10-2)33(41-31)19-32(26)40-30/h13-19,40,42H,9-12,39H2,1-8H3. The first kappa shape index (κ1) is 28.7. The SMILES string of the molecule is CCC1=C(C)c2cc3nc(c(-c4ccc(N)cc4)c4[nH]c(cc5[nH]c(cc1n2)c(CC)c5C)c(CC)c4C)C(C)=C3CC. The van der Waals surface area contributed by atoms with Crippen molar-refractivity contribution in [2.75, 3.05) is 5.73 Å². The molecule has 1 aromatic carbocycles. The van der Waals surface area contributed by atoms with Crippen LogP contribution in [0.5, 0.6) is 0 Å². The van der Waals surface area contributed by atoms with Crippen molar-refractivity contribution in [2.45, 2.75) is 81.1 Å². The van der Waals surface area contributed by atoms with Crippen LogP contribution in [-0.2, 0) is 12.8 Å². The Kier molecular flexibility index (Phi) is 7.37. The smallest absolute Gasteiger partial charge is 0.0769 e. The highest BCUT2D eigenvalue weighted by molar-refractivity contribution is 6.01. The van der Waals surface area contributed by atoms with Crippen molar-refractivity contribution < 1.29 is 0 Å². The fraction of sp³-hybridized carbons (Fsp3) is 0.316. The van der Waals surface area contributed by atoms with E-state index in [0.29, 0.717) is 0 Å². The highest BCUT2D eigenvalue weighted by Crippen LogP contribution is 2.41. The van der Waals surface area contributed by atoms with Gasteiger partial charge in [0.05, 0.1) is 28.3 Å². The number of aromatic nitrogens is 4. The maximum atomic E-state index is 6.15. The normalized spacial score (nSPS) is 13.4. The van der Waals surface area contributed by atoms with Gasteiger partial charge in [0, 0.05) is 27.8 Å². The molecule has 2 aliphatic rings. The molecule has 5 nitrogen and oxygen atoms in total. The predicted molar refractivity (Wildman–Crippen MR) is 185 cm³/mol. The number of allylic oxidation sites excluding steroid dienone is 4. The van der Waals surface area contributed by atoms with Crippen molar-refractivity contribution in [3.63, 3.8) is 0 Å². The van der Waals surface area contributed by atoms with Crippen LogP contribution in [0.2, 0.25) is 0 Å². The van der Waals surface area contributed by atoms with Crippen LogP contribution in [0.4, 0.5) is 5.69 Å². The summed E-state index contributed by atoms with van der Waals surface area (Å²) in [5, 5.41) is 0. The molecule has 4 aromatic rings. The summed E-state index contributed by atoms with van der Waals surface area (Å²) >= 11 is 0. The second-order valence-corrected chi connectivity index (χ2v) is 11.9. The van der Waals surface area contributed by atoms with E-state index in [1.54, 1.807) is 0 Å². The Morgan fingerprint density at radius 2 is 1.21 bits per heavy atom. The van der Waals surface area contributed by atoms with Crippen molar-refractivity contribution in [1.29, 1.82) is 0 Å². The molecule has 0 aliphatic carbocycles. The zero-order chi connectivity index (χ0) is 30.6. The summed E-state index contributed by atoms with van der Waals surface area (Å²) in [7, 11) is 0. The van der Waals surface area contributed by atoms with Crippen molar-refractivity contribution in [3.8, 4) is 11.1 Å². The second-order valence-electron chi connectivity index (χ2n) is 11.9. The lowest BCUT2D eigenvalue weighted by atomic mass is 9.95. The van der Waals surface area contributed by atoms with Gasteiger partial charge < -0.3 is 15.7 Å². The Morgan fingerprint density at radius 1 is 0.605 bits per heavy atom. The lowest BCUT2D eigenvalue weighted by molar-refractivity contribution is 1.14. The number of hydrogen-bond acceptors (Lipinski definition) is 3. The lowest BCUT2D eigenvalue weighted by Crippen LogP contribution is -1.91. The van der Waals surface area contributed by atoms with Crippen molar-refractivity contribution in [3.05, 3.63) is 87.5 Å². The van der Waals surface area contributed by atoms with Crippen molar-refractivity contribution >= 4 is 50.0 Å². The van der Waals surface area contributed by atoms with Crippen molar-refractivity contribution in [1.82, 2.24) is 19.9 Å². The first-order chi connectivity index (χ1) is 20.7. The van der Waals surface area contributed by atoms with Gasteiger partial charge in [-0.15, -0.1) is 0 Å². The van der Waals surface area contributed by atoms with Crippen molar-refractivity contribution in [2.24, 2.45) is 0 Å². The van der Waals surface area contributed by atoms with Gasteiger partial charge in [-0.1, -0.05) is 39.8 Å². The van der Waals surface area contributed by atoms with Crippen LogP contribution >= 0.6 is 0 Å². The highest BCUT2D eigenvalue weighted by atomic mass is 14.8. The van der Waals surface area contributed by atoms with Crippen LogP contribution in [0.1, 0.15) is 99.4 Å². The average Bonchev–Trinajstić information content (AvgIpc) is 3.66. The van der Waals surface area contributed by atoms with Gasteiger partial charge in [-0.05, 0) is 134 Å². The molecule has 3 aromatic heterocycles. The van der Waals surface area contributed by atoms with Crippen LogP contribution in [0.15, 0.2) is 42.5 Å². The maximum absolute atomic E-state index is 6.15. The molecular formula is C38H43N5. The zero-order valence-corrected chi connectivity index (χ0v) is 26.8. The van der Waals surface area contributed by atoms with E-state index in [-0.39, 0.29) is 0 Å². The second kappa shape index (κ2) is 11.0. The first-order valence-electron chi connectivity index (χ1n) is 15.7. The number of nitrogen functional groups attached to an aromatic ring is 1. The Bertz CT molecular complexity index is 1990. The molecule has 8 bridgehead atoms.